The average Bonchev–Trinajstić information content (AvgIpc) is 2.98. The van der Waals surface area contributed by atoms with Gasteiger partial charge in [0.2, 0.25) is 0 Å². The maximum atomic E-state index is 6.41. The van der Waals surface area contributed by atoms with E-state index in [1.165, 1.54) is 0 Å². The van der Waals surface area contributed by atoms with Gasteiger partial charge < -0.3 is 0 Å². The minimum Gasteiger partial charge on any atom is -0.284 e. The molecule has 26 heavy (non-hydrogen) atoms. The van der Waals surface area contributed by atoms with Crippen LogP contribution >= 0.6 is 45.8 Å². The molecule has 0 N–H and O–H groups in total. The van der Waals surface area contributed by atoms with Crippen molar-refractivity contribution in [3.05, 3.63) is 86.0 Å². The van der Waals surface area contributed by atoms with Crippen molar-refractivity contribution in [1.29, 1.82) is 0 Å². The number of hydrogen-bond acceptors (Lipinski definition) is 2. The standard InChI is InChI=1S/C20H12Cl2IN3/c21-14-7-8-16(17(22)11-14)19-20(26-9-2-1-6-18(26)25-19)24-12-13-4-3-5-15(23)10-13/h1-12H/b24-12+. The molecule has 128 valence electrons. The molecule has 4 aromatic rings. The molecule has 0 aliphatic rings. The van der Waals surface area contributed by atoms with Gasteiger partial charge in [0.25, 0.3) is 0 Å². The van der Waals surface area contributed by atoms with Gasteiger partial charge in [-0.05, 0) is 70.6 Å². The SMILES string of the molecule is Clc1ccc(-c2nc3ccccn3c2/N=C/c2cccc(I)c2)c(Cl)c1. The molecule has 0 aliphatic heterocycles. The van der Waals surface area contributed by atoms with Crippen molar-refractivity contribution >= 4 is 63.5 Å². The van der Waals surface area contributed by atoms with Crippen LogP contribution in [0.4, 0.5) is 5.82 Å². The molecule has 3 nitrogen and oxygen atoms in total. The van der Waals surface area contributed by atoms with Crippen LogP contribution in [0.2, 0.25) is 10.0 Å². The maximum Gasteiger partial charge on any atom is 0.165 e. The van der Waals surface area contributed by atoms with E-state index in [1.807, 2.05) is 59.3 Å². The summed E-state index contributed by atoms with van der Waals surface area (Å²) in [5, 5.41) is 1.14. The highest BCUT2D eigenvalue weighted by atomic mass is 127. The third-order valence-corrected chi connectivity index (χ3v) is 5.09. The molecule has 0 bridgehead atoms. The van der Waals surface area contributed by atoms with Crippen LogP contribution < -0.4 is 0 Å². The van der Waals surface area contributed by atoms with Gasteiger partial charge in [0.1, 0.15) is 11.3 Å². The number of fused-ring (bicyclic) bond motifs is 1. The van der Waals surface area contributed by atoms with Crippen molar-refractivity contribution in [3.63, 3.8) is 0 Å². The van der Waals surface area contributed by atoms with Gasteiger partial charge in [-0.25, -0.2) is 9.98 Å². The van der Waals surface area contributed by atoms with Crippen molar-refractivity contribution in [3.8, 4) is 11.3 Å². The summed E-state index contributed by atoms with van der Waals surface area (Å²) in [6, 6.07) is 19.4. The number of nitrogens with zero attached hydrogens (tertiary/aromatic N) is 3. The summed E-state index contributed by atoms with van der Waals surface area (Å²) >= 11 is 14.7. The Morgan fingerprint density at radius 3 is 2.69 bits per heavy atom. The normalized spacial score (nSPS) is 11.5. The minimum atomic E-state index is 0.548. The van der Waals surface area contributed by atoms with Crippen LogP contribution in [0.3, 0.4) is 0 Å². The zero-order valence-corrected chi connectivity index (χ0v) is 17.1. The minimum absolute atomic E-state index is 0.548. The number of aromatic nitrogens is 2. The fourth-order valence-corrected chi connectivity index (χ4v) is 3.76. The van der Waals surface area contributed by atoms with Crippen LogP contribution in [0.1, 0.15) is 5.56 Å². The Morgan fingerprint density at radius 2 is 1.88 bits per heavy atom. The lowest BCUT2D eigenvalue weighted by molar-refractivity contribution is 1.17. The second-order valence-corrected chi connectivity index (χ2v) is 7.74. The molecule has 0 saturated heterocycles. The Morgan fingerprint density at radius 1 is 1.00 bits per heavy atom. The lowest BCUT2D eigenvalue weighted by atomic mass is 10.1. The van der Waals surface area contributed by atoms with Crippen molar-refractivity contribution in [2.24, 2.45) is 4.99 Å². The topological polar surface area (TPSA) is 29.7 Å². The Kier molecular flexibility index (Phi) is 4.98. The molecular formula is C20H12Cl2IN3. The summed E-state index contributed by atoms with van der Waals surface area (Å²) < 4.78 is 3.11. The van der Waals surface area contributed by atoms with E-state index >= 15 is 0 Å². The van der Waals surface area contributed by atoms with Crippen molar-refractivity contribution in [2.45, 2.75) is 0 Å². The second-order valence-electron chi connectivity index (χ2n) is 5.65. The number of aliphatic imine (C=N–C) groups is 1. The van der Waals surface area contributed by atoms with E-state index in [0.717, 1.165) is 31.9 Å². The number of halogens is 3. The van der Waals surface area contributed by atoms with E-state index in [4.69, 9.17) is 33.2 Å². The quantitative estimate of drug-likeness (QED) is 0.232. The first-order chi connectivity index (χ1) is 12.6. The molecule has 0 atom stereocenters. The third kappa shape index (κ3) is 3.49. The van der Waals surface area contributed by atoms with E-state index in [1.54, 1.807) is 12.1 Å². The first-order valence-corrected chi connectivity index (χ1v) is 9.67. The monoisotopic (exact) mass is 491 g/mol. The zero-order valence-electron chi connectivity index (χ0n) is 13.4. The molecule has 0 unspecified atom stereocenters. The summed E-state index contributed by atoms with van der Waals surface area (Å²) in [4.78, 5) is 9.45. The molecule has 0 spiro atoms. The predicted octanol–water partition coefficient (Wildman–Crippen LogP) is 6.66. The number of pyridine rings is 1. The molecule has 0 fully saturated rings. The van der Waals surface area contributed by atoms with Crippen LogP contribution in [-0.4, -0.2) is 15.6 Å². The summed E-state index contributed by atoms with van der Waals surface area (Å²) in [7, 11) is 0. The summed E-state index contributed by atoms with van der Waals surface area (Å²) in [5.74, 6) is 0.726. The van der Waals surface area contributed by atoms with Crippen LogP contribution in [0.15, 0.2) is 71.9 Å². The van der Waals surface area contributed by atoms with Gasteiger partial charge in [-0.3, -0.25) is 4.40 Å². The number of hydrogen-bond donors (Lipinski definition) is 0. The highest BCUT2D eigenvalue weighted by Crippen LogP contribution is 2.36. The fourth-order valence-electron chi connectivity index (χ4n) is 2.69. The molecule has 0 aliphatic carbocycles. The van der Waals surface area contributed by atoms with Crippen LogP contribution in [-0.2, 0) is 0 Å². The molecule has 2 heterocycles. The van der Waals surface area contributed by atoms with Crippen molar-refractivity contribution < 1.29 is 0 Å². The molecule has 2 aromatic heterocycles. The Labute approximate surface area is 174 Å². The average molecular weight is 492 g/mol. The zero-order chi connectivity index (χ0) is 18.1. The number of benzene rings is 2. The Balaban J connectivity index is 1.89. The molecule has 2 aromatic carbocycles. The van der Waals surface area contributed by atoms with Crippen LogP contribution in [0.25, 0.3) is 16.9 Å². The Hall–Kier alpha value is -1.89. The van der Waals surface area contributed by atoms with E-state index in [2.05, 4.69) is 28.7 Å². The van der Waals surface area contributed by atoms with E-state index < -0.39 is 0 Å². The first-order valence-electron chi connectivity index (χ1n) is 7.84. The lowest BCUT2D eigenvalue weighted by Crippen LogP contribution is -1.86. The molecule has 0 radical (unpaired) electrons. The first kappa shape index (κ1) is 17.5. The van der Waals surface area contributed by atoms with Gasteiger partial charge in [0.05, 0.1) is 5.02 Å². The van der Waals surface area contributed by atoms with Crippen molar-refractivity contribution in [1.82, 2.24) is 9.38 Å². The highest BCUT2D eigenvalue weighted by Gasteiger charge is 2.15. The van der Waals surface area contributed by atoms with Gasteiger partial charge in [0.15, 0.2) is 5.82 Å². The van der Waals surface area contributed by atoms with Gasteiger partial charge >= 0.3 is 0 Å². The number of rotatable bonds is 3. The predicted molar refractivity (Wildman–Crippen MR) is 117 cm³/mol. The van der Waals surface area contributed by atoms with Gasteiger partial charge in [0, 0.05) is 26.6 Å². The third-order valence-electron chi connectivity index (χ3n) is 3.88. The van der Waals surface area contributed by atoms with Crippen LogP contribution in [0, 0.1) is 3.57 Å². The summed E-state index contributed by atoms with van der Waals surface area (Å²) in [6.45, 7) is 0. The van der Waals surface area contributed by atoms with Gasteiger partial charge in [-0.15, -0.1) is 0 Å². The van der Waals surface area contributed by atoms with E-state index in [0.29, 0.717) is 10.0 Å². The summed E-state index contributed by atoms with van der Waals surface area (Å²) in [5.41, 5.74) is 3.36. The largest absolute Gasteiger partial charge is 0.284 e. The fraction of sp³-hybridized carbons (Fsp3) is 0. The lowest BCUT2D eigenvalue weighted by Gasteiger charge is -2.03. The van der Waals surface area contributed by atoms with Crippen LogP contribution in [0.5, 0.6) is 0 Å². The van der Waals surface area contributed by atoms with E-state index in [-0.39, 0.29) is 0 Å². The van der Waals surface area contributed by atoms with Gasteiger partial charge in [-0.1, -0.05) is 41.4 Å². The highest BCUT2D eigenvalue weighted by molar-refractivity contribution is 14.1. The smallest absolute Gasteiger partial charge is 0.165 e. The van der Waals surface area contributed by atoms with Crippen molar-refractivity contribution in [2.75, 3.05) is 0 Å². The molecular weight excluding hydrogens is 480 g/mol. The Bertz CT molecular complexity index is 1140. The van der Waals surface area contributed by atoms with Gasteiger partial charge in [-0.2, -0.15) is 0 Å². The van der Waals surface area contributed by atoms with E-state index in [9.17, 15) is 0 Å². The second kappa shape index (κ2) is 7.39. The number of imidazole rings is 1. The maximum absolute atomic E-state index is 6.41. The summed E-state index contributed by atoms with van der Waals surface area (Å²) in [6.07, 6.45) is 3.78. The molecule has 6 heteroatoms. The molecule has 4 rings (SSSR count). The molecule has 0 amide bonds. The molecule has 0 saturated carbocycles.